The average Bonchev–Trinajstić information content (AvgIpc) is 3.02. The van der Waals surface area contributed by atoms with Crippen molar-refractivity contribution in [2.75, 3.05) is 14.2 Å². The van der Waals surface area contributed by atoms with Crippen LogP contribution < -0.4 is 0 Å². The number of ether oxygens (including phenoxy) is 4. The molecule has 0 unspecified atom stereocenters. The molecule has 1 saturated heterocycles. The molecule has 6 atom stereocenters. The third kappa shape index (κ3) is 1.78. The molecule has 6 nitrogen and oxygen atoms in total. The van der Waals surface area contributed by atoms with Gasteiger partial charge in [-0.15, -0.1) is 0 Å². The first-order chi connectivity index (χ1) is 9.39. The maximum absolute atomic E-state index is 12.1. The smallest absolute Gasteiger partial charge is 0.309 e. The van der Waals surface area contributed by atoms with E-state index < -0.39 is 17.6 Å². The minimum atomic E-state index is -0.669. The normalized spacial score (nSPS) is 44.2. The molecule has 0 aromatic rings. The second-order valence-corrected chi connectivity index (χ2v) is 6.23. The second kappa shape index (κ2) is 4.43. The van der Waals surface area contributed by atoms with E-state index in [9.17, 15) is 9.59 Å². The van der Waals surface area contributed by atoms with Crippen molar-refractivity contribution in [3.8, 4) is 0 Å². The van der Waals surface area contributed by atoms with Gasteiger partial charge >= 0.3 is 11.9 Å². The largest absolute Gasteiger partial charge is 0.469 e. The number of carbonyl (C=O) groups excluding carboxylic acids is 2. The van der Waals surface area contributed by atoms with Crippen molar-refractivity contribution in [2.24, 2.45) is 23.7 Å². The van der Waals surface area contributed by atoms with Gasteiger partial charge in [-0.05, 0) is 20.3 Å². The summed E-state index contributed by atoms with van der Waals surface area (Å²) in [6.45, 7) is 3.70. The highest BCUT2D eigenvalue weighted by atomic mass is 16.8. The molecule has 112 valence electrons. The monoisotopic (exact) mass is 284 g/mol. The summed E-state index contributed by atoms with van der Waals surface area (Å²) in [6, 6.07) is 0. The summed E-state index contributed by atoms with van der Waals surface area (Å²) in [5, 5.41) is 0. The van der Waals surface area contributed by atoms with Crippen LogP contribution in [0.15, 0.2) is 0 Å². The quantitative estimate of drug-likeness (QED) is 0.696. The number of hydrogen-bond donors (Lipinski definition) is 0. The van der Waals surface area contributed by atoms with Crippen LogP contribution in [-0.4, -0.2) is 44.2 Å². The first-order valence-electron chi connectivity index (χ1n) is 6.91. The van der Waals surface area contributed by atoms with E-state index in [1.165, 1.54) is 14.2 Å². The predicted octanol–water partition coefficient (Wildman–Crippen LogP) is 0.735. The Kier molecular flexibility index (Phi) is 3.06. The Bertz CT molecular complexity index is 407. The van der Waals surface area contributed by atoms with Gasteiger partial charge in [-0.1, -0.05) is 0 Å². The standard InChI is InChI=1S/C14H20O6/c1-14(2)19-10-6-5-7(11(10)20-14)9(13(16)18-4)8(6)12(15)17-3/h6-11H,5H2,1-4H3/t6-,7+,8-,9-,10-,11+/m1/s1. The lowest BCUT2D eigenvalue weighted by Gasteiger charge is -2.32. The maximum Gasteiger partial charge on any atom is 0.309 e. The van der Waals surface area contributed by atoms with E-state index in [-0.39, 0.29) is 36.0 Å². The zero-order valence-electron chi connectivity index (χ0n) is 12.1. The van der Waals surface area contributed by atoms with Crippen molar-refractivity contribution in [1.82, 2.24) is 0 Å². The number of rotatable bonds is 2. The molecule has 0 aromatic carbocycles. The van der Waals surface area contributed by atoms with E-state index in [0.717, 1.165) is 6.42 Å². The van der Waals surface area contributed by atoms with Gasteiger partial charge in [0.1, 0.15) is 0 Å². The van der Waals surface area contributed by atoms with Gasteiger partial charge in [-0.25, -0.2) is 0 Å². The van der Waals surface area contributed by atoms with Gasteiger partial charge < -0.3 is 18.9 Å². The SMILES string of the molecule is COC(=O)[C@@H]1[C@@H]2C[C@@H]([C@H]3OC(C)(C)O[C@@H]23)[C@H]1C(=O)OC. The van der Waals surface area contributed by atoms with Crippen LogP contribution in [0.3, 0.4) is 0 Å². The Morgan fingerprint density at radius 2 is 1.35 bits per heavy atom. The molecular formula is C14H20O6. The molecule has 0 N–H and O–H groups in total. The lowest BCUT2D eigenvalue weighted by Crippen LogP contribution is -2.46. The zero-order chi connectivity index (χ0) is 14.7. The summed E-state index contributed by atoms with van der Waals surface area (Å²) in [5.74, 6) is -2.45. The third-order valence-corrected chi connectivity index (χ3v) is 4.81. The highest BCUT2D eigenvalue weighted by Gasteiger charge is 2.68. The molecule has 2 saturated carbocycles. The van der Waals surface area contributed by atoms with Crippen LogP contribution in [0.5, 0.6) is 0 Å². The molecule has 0 aromatic heterocycles. The van der Waals surface area contributed by atoms with Crippen molar-refractivity contribution < 1.29 is 28.5 Å². The fourth-order valence-electron chi connectivity index (χ4n) is 4.21. The fraction of sp³-hybridized carbons (Fsp3) is 0.857. The molecule has 0 radical (unpaired) electrons. The number of carbonyl (C=O) groups is 2. The zero-order valence-corrected chi connectivity index (χ0v) is 12.1. The predicted molar refractivity (Wildman–Crippen MR) is 66.4 cm³/mol. The van der Waals surface area contributed by atoms with E-state index in [0.29, 0.717) is 0 Å². The molecule has 1 heterocycles. The van der Waals surface area contributed by atoms with Crippen molar-refractivity contribution in [2.45, 2.75) is 38.3 Å². The van der Waals surface area contributed by atoms with Gasteiger partial charge in [0.2, 0.25) is 0 Å². The molecule has 3 fully saturated rings. The van der Waals surface area contributed by atoms with Crippen molar-refractivity contribution in [1.29, 1.82) is 0 Å². The molecule has 3 aliphatic rings. The maximum atomic E-state index is 12.1. The molecule has 0 spiro atoms. The van der Waals surface area contributed by atoms with E-state index in [2.05, 4.69) is 0 Å². The molecule has 6 heteroatoms. The number of esters is 2. The Balaban J connectivity index is 1.92. The van der Waals surface area contributed by atoms with Gasteiger partial charge in [0, 0.05) is 11.8 Å². The fourth-order valence-corrected chi connectivity index (χ4v) is 4.21. The van der Waals surface area contributed by atoms with Gasteiger partial charge in [-0.3, -0.25) is 9.59 Å². The number of hydrogen-bond acceptors (Lipinski definition) is 6. The van der Waals surface area contributed by atoms with E-state index >= 15 is 0 Å². The molecule has 3 rings (SSSR count). The molecule has 0 amide bonds. The van der Waals surface area contributed by atoms with Crippen LogP contribution in [0, 0.1) is 23.7 Å². The minimum absolute atomic E-state index is 0.0386. The van der Waals surface area contributed by atoms with Gasteiger partial charge in [0.25, 0.3) is 0 Å². The summed E-state index contributed by atoms with van der Waals surface area (Å²) >= 11 is 0. The van der Waals surface area contributed by atoms with Crippen LogP contribution in [0.4, 0.5) is 0 Å². The van der Waals surface area contributed by atoms with E-state index in [4.69, 9.17) is 18.9 Å². The van der Waals surface area contributed by atoms with Crippen molar-refractivity contribution in [3.63, 3.8) is 0 Å². The number of fused-ring (bicyclic) bond motifs is 5. The summed E-state index contributed by atoms with van der Waals surface area (Å²) in [5.41, 5.74) is 0. The van der Waals surface area contributed by atoms with Crippen LogP contribution in [0.2, 0.25) is 0 Å². The Morgan fingerprint density at radius 3 is 1.70 bits per heavy atom. The van der Waals surface area contributed by atoms with Crippen LogP contribution >= 0.6 is 0 Å². The van der Waals surface area contributed by atoms with E-state index in [1.54, 1.807) is 0 Å². The van der Waals surface area contributed by atoms with Gasteiger partial charge in [-0.2, -0.15) is 0 Å². The molecule has 2 bridgehead atoms. The van der Waals surface area contributed by atoms with Gasteiger partial charge in [0.15, 0.2) is 5.79 Å². The average molecular weight is 284 g/mol. The first-order valence-corrected chi connectivity index (χ1v) is 6.91. The highest BCUT2D eigenvalue weighted by molar-refractivity contribution is 5.84. The summed E-state index contributed by atoms with van der Waals surface area (Å²) in [7, 11) is 2.69. The Labute approximate surface area is 117 Å². The lowest BCUT2D eigenvalue weighted by atomic mass is 9.76. The Hall–Kier alpha value is -1.14. The molecule has 20 heavy (non-hydrogen) atoms. The van der Waals surface area contributed by atoms with Crippen molar-refractivity contribution >= 4 is 11.9 Å². The second-order valence-electron chi connectivity index (χ2n) is 6.23. The van der Waals surface area contributed by atoms with Crippen LogP contribution in [0.25, 0.3) is 0 Å². The third-order valence-electron chi connectivity index (χ3n) is 4.81. The molecular weight excluding hydrogens is 264 g/mol. The molecule has 1 aliphatic heterocycles. The number of methoxy groups -OCH3 is 2. The van der Waals surface area contributed by atoms with Crippen LogP contribution in [0.1, 0.15) is 20.3 Å². The van der Waals surface area contributed by atoms with E-state index in [1.807, 2.05) is 13.8 Å². The summed E-state index contributed by atoms with van der Waals surface area (Å²) < 4.78 is 21.6. The summed E-state index contributed by atoms with van der Waals surface area (Å²) in [6.07, 6.45) is 0.463. The lowest BCUT2D eigenvalue weighted by molar-refractivity contribution is -0.163. The van der Waals surface area contributed by atoms with Gasteiger partial charge in [0.05, 0.1) is 38.3 Å². The highest BCUT2D eigenvalue weighted by Crippen LogP contribution is 2.58. The topological polar surface area (TPSA) is 71.1 Å². The first kappa shape index (κ1) is 13.8. The van der Waals surface area contributed by atoms with Crippen LogP contribution in [-0.2, 0) is 28.5 Å². The Morgan fingerprint density at radius 1 is 0.950 bits per heavy atom. The van der Waals surface area contributed by atoms with Crippen molar-refractivity contribution in [3.05, 3.63) is 0 Å². The summed E-state index contributed by atoms with van der Waals surface area (Å²) in [4.78, 5) is 24.1. The molecule has 2 aliphatic carbocycles. The minimum Gasteiger partial charge on any atom is -0.469 e.